The van der Waals surface area contributed by atoms with E-state index in [4.69, 9.17) is 16.6 Å². The first kappa shape index (κ1) is 25.8. The molecule has 0 radical (unpaired) electrons. The molecule has 0 amide bonds. The van der Waals surface area contributed by atoms with Crippen LogP contribution < -0.4 is 21.5 Å². The molecule has 9 rings (SSSR count). The second kappa shape index (κ2) is 9.30. The highest BCUT2D eigenvalue weighted by molar-refractivity contribution is 6.31. The van der Waals surface area contributed by atoms with Crippen LogP contribution in [0.4, 0.5) is 5.95 Å². The maximum atomic E-state index is 14.3. The predicted molar refractivity (Wildman–Crippen MR) is 158 cm³/mol. The molecule has 9 nitrogen and oxygen atoms in total. The van der Waals surface area contributed by atoms with Gasteiger partial charge in [-0.1, -0.05) is 29.8 Å². The molecule has 10 heteroatoms. The molecule has 1 aromatic carbocycles. The number of nitrogens with zero attached hydrogens (tertiary/aromatic N) is 5. The highest BCUT2D eigenvalue weighted by Crippen LogP contribution is 2.60. The smallest absolute Gasteiger partial charge is 0.332 e. The summed E-state index contributed by atoms with van der Waals surface area (Å²) in [6.45, 7) is 2.86. The number of aromatic nitrogens is 4. The van der Waals surface area contributed by atoms with E-state index in [0.29, 0.717) is 52.4 Å². The summed E-state index contributed by atoms with van der Waals surface area (Å²) in [7, 11) is 1.66. The fourth-order valence-corrected chi connectivity index (χ4v) is 9.72. The van der Waals surface area contributed by atoms with Gasteiger partial charge in [-0.3, -0.25) is 23.3 Å². The lowest BCUT2D eigenvalue weighted by atomic mass is 9.48. The first-order valence-electron chi connectivity index (χ1n) is 15.3. The lowest BCUT2D eigenvalue weighted by molar-refractivity contribution is -0.144. The molecule has 216 valence electrons. The topological polar surface area (TPSA) is 94.2 Å². The number of carbonyl (C=O) groups excluding carboxylic acids is 1. The largest absolute Gasteiger partial charge is 0.338 e. The number of carbonyl (C=O) groups is 1. The Morgan fingerprint density at radius 2 is 1.76 bits per heavy atom. The van der Waals surface area contributed by atoms with Gasteiger partial charge >= 0.3 is 5.69 Å². The molecule has 2 unspecified atom stereocenters. The minimum atomic E-state index is -0.476. The zero-order chi connectivity index (χ0) is 28.0. The molecular formula is C31H37ClN6O3. The van der Waals surface area contributed by atoms with Gasteiger partial charge in [-0.15, -0.1) is 0 Å². The van der Waals surface area contributed by atoms with E-state index in [1.54, 1.807) is 7.05 Å². The molecule has 4 saturated carbocycles. The van der Waals surface area contributed by atoms with Crippen LogP contribution in [0.2, 0.25) is 5.02 Å². The highest BCUT2D eigenvalue weighted by Gasteiger charge is 2.54. The van der Waals surface area contributed by atoms with Crippen LogP contribution in [0.25, 0.3) is 11.2 Å². The Bertz CT molecular complexity index is 1650. The lowest BCUT2D eigenvalue weighted by Crippen LogP contribution is -2.52. The molecule has 6 aliphatic rings. The van der Waals surface area contributed by atoms with Gasteiger partial charge in [0.2, 0.25) is 5.95 Å². The summed E-state index contributed by atoms with van der Waals surface area (Å²) in [4.78, 5) is 49.2. The Hall–Kier alpha value is -2.91. The molecule has 3 aromatic rings. The van der Waals surface area contributed by atoms with Gasteiger partial charge < -0.3 is 10.2 Å². The van der Waals surface area contributed by atoms with E-state index in [9.17, 15) is 14.4 Å². The molecule has 2 atom stereocenters. The van der Waals surface area contributed by atoms with Gasteiger partial charge in [-0.2, -0.15) is 4.98 Å². The SMILES string of the molecule is Cn1c(=O)n(CC(=O)C23CC4CC(CC(C4)C2)C3)c(=O)c2c1nc(N1CCC3CNCC31)n2Cc1ccccc1Cl. The van der Waals surface area contributed by atoms with Gasteiger partial charge in [-0.25, -0.2) is 4.79 Å². The molecule has 1 N–H and O–H groups in total. The van der Waals surface area contributed by atoms with Crippen LogP contribution in [0.15, 0.2) is 33.9 Å². The van der Waals surface area contributed by atoms with Gasteiger partial charge in [0.25, 0.3) is 5.56 Å². The molecule has 41 heavy (non-hydrogen) atoms. The minimum Gasteiger partial charge on any atom is -0.338 e. The monoisotopic (exact) mass is 576 g/mol. The van der Waals surface area contributed by atoms with Crippen molar-refractivity contribution in [2.45, 2.75) is 64.1 Å². The first-order valence-corrected chi connectivity index (χ1v) is 15.6. The Balaban J connectivity index is 1.25. The number of Topliss-reactive ketones (excluding diaryl/α,β-unsaturated/α-hetero) is 1. The van der Waals surface area contributed by atoms with Crippen LogP contribution in [-0.2, 0) is 24.9 Å². The number of imidazole rings is 1. The Labute approximate surface area is 243 Å². The third-order valence-corrected chi connectivity index (χ3v) is 11.5. The molecule has 2 saturated heterocycles. The van der Waals surface area contributed by atoms with Gasteiger partial charge in [0, 0.05) is 43.2 Å². The molecule has 4 heterocycles. The maximum Gasteiger partial charge on any atom is 0.332 e. The average Bonchev–Trinajstić information content (AvgIpc) is 3.65. The van der Waals surface area contributed by atoms with Crippen LogP contribution in [0.3, 0.4) is 0 Å². The van der Waals surface area contributed by atoms with E-state index in [0.717, 1.165) is 50.9 Å². The predicted octanol–water partition coefficient (Wildman–Crippen LogP) is 3.18. The number of nitrogens with one attached hydrogen (secondary N) is 1. The number of aryl methyl sites for hydroxylation is 1. The summed E-state index contributed by atoms with van der Waals surface area (Å²) < 4.78 is 4.57. The number of rotatable bonds is 6. The first-order chi connectivity index (χ1) is 19.8. The highest BCUT2D eigenvalue weighted by atomic mass is 35.5. The van der Waals surface area contributed by atoms with E-state index < -0.39 is 11.2 Å². The van der Waals surface area contributed by atoms with Gasteiger partial charge in [0.05, 0.1) is 13.1 Å². The normalized spacial score (nSPS) is 31.9. The zero-order valence-electron chi connectivity index (χ0n) is 23.5. The molecule has 6 fully saturated rings. The number of anilines is 1. The summed E-state index contributed by atoms with van der Waals surface area (Å²) in [6, 6.07) is 7.92. The summed E-state index contributed by atoms with van der Waals surface area (Å²) in [5, 5.41) is 4.11. The summed E-state index contributed by atoms with van der Waals surface area (Å²) >= 11 is 6.60. The summed E-state index contributed by atoms with van der Waals surface area (Å²) in [6.07, 6.45) is 7.49. The molecule has 2 aliphatic heterocycles. The zero-order valence-corrected chi connectivity index (χ0v) is 24.3. The van der Waals surface area contributed by atoms with Crippen LogP contribution in [0.1, 0.15) is 50.5 Å². The number of benzene rings is 1. The Morgan fingerprint density at radius 3 is 2.46 bits per heavy atom. The minimum absolute atomic E-state index is 0.0620. The lowest BCUT2D eigenvalue weighted by Gasteiger charge is -2.56. The van der Waals surface area contributed by atoms with Crippen LogP contribution in [0, 0.1) is 29.1 Å². The summed E-state index contributed by atoms with van der Waals surface area (Å²) in [5.41, 5.74) is 0.296. The molecule has 4 aliphatic carbocycles. The van der Waals surface area contributed by atoms with E-state index in [-0.39, 0.29) is 23.8 Å². The molecule has 0 spiro atoms. The van der Waals surface area contributed by atoms with E-state index in [1.807, 2.05) is 28.8 Å². The molecular weight excluding hydrogens is 540 g/mol. The van der Waals surface area contributed by atoms with Crippen molar-refractivity contribution in [2.24, 2.45) is 36.1 Å². The van der Waals surface area contributed by atoms with Crippen molar-refractivity contribution in [1.29, 1.82) is 0 Å². The second-order valence-electron chi connectivity index (χ2n) is 13.6. The fraction of sp³-hybridized carbons (Fsp3) is 0.613. The molecule has 2 aromatic heterocycles. The van der Waals surface area contributed by atoms with Gasteiger partial charge in [0.1, 0.15) is 0 Å². The van der Waals surface area contributed by atoms with Crippen molar-refractivity contribution in [1.82, 2.24) is 24.0 Å². The number of hydrogen-bond acceptors (Lipinski definition) is 6. The van der Waals surface area contributed by atoms with Crippen LogP contribution >= 0.6 is 11.6 Å². The number of ketones is 1. The van der Waals surface area contributed by atoms with Crippen molar-refractivity contribution in [3.63, 3.8) is 0 Å². The average molecular weight is 577 g/mol. The quantitative estimate of drug-likeness (QED) is 0.484. The van der Waals surface area contributed by atoms with Crippen LogP contribution in [-0.4, -0.2) is 50.1 Å². The number of fused-ring (bicyclic) bond motifs is 2. The number of halogens is 1. The van der Waals surface area contributed by atoms with Gasteiger partial charge in [-0.05, 0) is 80.2 Å². The molecule has 4 bridgehead atoms. The van der Waals surface area contributed by atoms with Crippen molar-refractivity contribution in [3.05, 3.63) is 55.7 Å². The number of hydrogen-bond donors (Lipinski definition) is 1. The van der Waals surface area contributed by atoms with E-state index >= 15 is 0 Å². The Kier molecular flexibility index (Phi) is 5.84. The van der Waals surface area contributed by atoms with Crippen molar-refractivity contribution >= 4 is 34.5 Å². The Morgan fingerprint density at radius 1 is 1.05 bits per heavy atom. The maximum absolute atomic E-state index is 14.3. The van der Waals surface area contributed by atoms with E-state index in [1.165, 1.54) is 28.4 Å². The second-order valence-corrected chi connectivity index (χ2v) is 14.0. The van der Waals surface area contributed by atoms with Crippen molar-refractivity contribution in [2.75, 3.05) is 24.5 Å². The standard InChI is InChI=1S/C31H37ClN6O3/c1-35-27-26(28(40)38(30(35)41)17-25(39)31-11-18-8-19(12-31)10-20(9-18)13-31)37(16-22-4-2-3-5-23(22)32)29(34-27)36-7-6-21-14-33-15-24(21)36/h2-5,18-21,24,33H,6-17H2,1H3. The van der Waals surface area contributed by atoms with E-state index in [2.05, 4.69) is 10.2 Å². The third kappa shape index (κ3) is 3.91. The van der Waals surface area contributed by atoms with Crippen molar-refractivity contribution in [3.8, 4) is 0 Å². The van der Waals surface area contributed by atoms with Crippen molar-refractivity contribution < 1.29 is 4.79 Å². The van der Waals surface area contributed by atoms with Gasteiger partial charge in [0.15, 0.2) is 16.9 Å². The van der Waals surface area contributed by atoms with Crippen LogP contribution in [0.5, 0.6) is 0 Å². The third-order valence-electron chi connectivity index (χ3n) is 11.1. The summed E-state index contributed by atoms with van der Waals surface area (Å²) in [5.74, 6) is 3.12. The fourth-order valence-electron chi connectivity index (χ4n) is 9.53.